The minimum Gasteiger partial charge on any atom is -0.409 e. The fourth-order valence-corrected chi connectivity index (χ4v) is 2.11. The van der Waals surface area contributed by atoms with Gasteiger partial charge in [0.15, 0.2) is 5.84 Å². The second kappa shape index (κ2) is 7.06. The van der Waals surface area contributed by atoms with E-state index in [2.05, 4.69) is 10.5 Å². The molecule has 0 aliphatic heterocycles. The fourth-order valence-electron chi connectivity index (χ4n) is 1.90. The van der Waals surface area contributed by atoms with Gasteiger partial charge < -0.3 is 16.3 Å². The second-order valence-corrected chi connectivity index (χ2v) is 4.96. The maximum absolute atomic E-state index is 13.9. The van der Waals surface area contributed by atoms with Gasteiger partial charge in [-0.2, -0.15) is 0 Å². The summed E-state index contributed by atoms with van der Waals surface area (Å²) in [6, 6.07) is 11.9. The van der Waals surface area contributed by atoms with Crippen molar-refractivity contribution >= 4 is 17.4 Å². The molecule has 0 aromatic heterocycles. The van der Waals surface area contributed by atoms with Crippen molar-refractivity contribution in [2.24, 2.45) is 10.9 Å². The average Bonchev–Trinajstić information content (AvgIpc) is 2.48. The molecule has 0 radical (unpaired) electrons. The molecule has 6 heteroatoms. The molecule has 4 nitrogen and oxygen atoms in total. The number of amidine groups is 1. The number of nitrogens with one attached hydrogen (secondary N) is 1. The minimum atomic E-state index is -0.405. The number of nitrogens with two attached hydrogens (primary N) is 1. The molecular formula is C15H15ClFN3O. The summed E-state index contributed by atoms with van der Waals surface area (Å²) in [5.41, 5.74) is 7.28. The van der Waals surface area contributed by atoms with Gasteiger partial charge >= 0.3 is 0 Å². The zero-order valence-corrected chi connectivity index (χ0v) is 11.9. The van der Waals surface area contributed by atoms with Crippen LogP contribution >= 0.6 is 11.6 Å². The number of hydrogen-bond donors (Lipinski definition) is 3. The van der Waals surface area contributed by atoms with Crippen molar-refractivity contribution in [2.75, 3.05) is 0 Å². The first-order chi connectivity index (χ1) is 10.1. The Balaban J connectivity index is 1.97. The first-order valence-corrected chi connectivity index (χ1v) is 6.69. The van der Waals surface area contributed by atoms with Crippen LogP contribution in [0.4, 0.5) is 4.39 Å². The maximum Gasteiger partial charge on any atom is 0.170 e. The number of hydrogen-bond acceptors (Lipinski definition) is 3. The van der Waals surface area contributed by atoms with Crippen LogP contribution < -0.4 is 11.1 Å². The highest BCUT2D eigenvalue weighted by molar-refractivity contribution is 6.30. The molecule has 0 spiro atoms. The molecule has 0 bridgehead atoms. The second-order valence-electron chi connectivity index (χ2n) is 4.52. The Morgan fingerprint density at radius 3 is 2.71 bits per heavy atom. The van der Waals surface area contributed by atoms with E-state index in [-0.39, 0.29) is 5.84 Å². The van der Waals surface area contributed by atoms with Gasteiger partial charge in [0.1, 0.15) is 5.82 Å². The van der Waals surface area contributed by atoms with Crippen molar-refractivity contribution in [3.05, 3.63) is 70.0 Å². The Labute approximate surface area is 127 Å². The molecule has 0 fully saturated rings. The van der Waals surface area contributed by atoms with E-state index in [0.717, 1.165) is 5.56 Å². The van der Waals surface area contributed by atoms with E-state index in [4.69, 9.17) is 22.5 Å². The monoisotopic (exact) mass is 307 g/mol. The van der Waals surface area contributed by atoms with Crippen LogP contribution in [0.5, 0.6) is 0 Å². The van der Waals surface area contributed by atoms with Crippen LogP contribution in [0.25, 0.3) is 0 Å². The molecule has 110 valence electrons. The van der Waals surface area contributed by atoms with Gasteiger partial charge in [0.05, 0.1) is 0 Å². The predicted molar refractivity (Wildman–Crippen MR) is 80.9 cm³/mol. The standard InChI is InChI=1S/C15H15ClFN3O/c16-13-3-1-2-10(6-13)8-19-9-12-5-4-11(7-14(12)17)15(18)20-21/h1-7,19,21H,8-9H2,(H2,18,20). The van der Waals surface area contributed by atoms with E-state index >= 15 is 0 Å². The Morgan fingerprint density at radius 2 is 2.05 bits per heavy atom. The molecule has 0 heterocycles. The normalized spacial score (nSPS) is 11.6. The van der Waals surface area contributed by atoms with Gasteiger partial charge in [-0.05, 0) is 23.8 Å². The lowest BCUT2D eigenvalue weighted by molar-refractivity contribution is 0.318. The van der Waals surface area contributed by atoms with Crippen molar-refractivity contribution in [3.63, 3.8) is 0 Å². The quantitative estimate of drug-likeness (QED) is 0.344. The van der Waals surface area contributed by atoms with E-state index in [1.807, 2.05) is 18.2 Å². The van der Waals surface area contributed by atoms with Crippen LogP contribution in [0.2, 0.25) is 5.02 Å². The molecule has 0 unspecified atom stereocenters. The summed E-state index contributed by atoms with van der Waals surface area (Å²) in [5, 5.41) is 15.2. The lowest BCUT2D eigenvalue weighted by Crippen LogP contribution is -2.16. The topological polar surface area (TPSA) is 70.6 Å². The molecule has 2 rings (SSSR count). The van der Waals surface area contributed by atoms with Gasteiger partial charge in [0, 0.05) is 29.2 Å². The lowest BCUT2D eigenvalue weighted by Gasteiger charge is -2.08. The third-order valence-electron chi connectivity index (χ3n) is 2.99. The molecule has 0 atom stereocenters. The highest BCUT2D eigenvalue weighted by atomic mass is 35.5. The molecule has 0 saturated carbocycles. The van der Waals surface area contributed by atoms with Crippen molar-refractivity contribution in [3.8, 4) is 0 Å². The van der Waals surface area contributed by atoms with Gasteiger partial charge in [-0.3, -0.25) is 0 Å². The summed E-state index contributed by atoms with van der Waals surface area (Å²) < 4.78 is 13.9. The Hall–Kier alpha value is -2.11. The van der Waals surface area contributed by atoms with Gasteiger partial charge in [-0.1, -0.05) is 41.0 Å². The van der Waals surface area contributed by atoms with Gasteiger partial charge in [0.2, 0.25) is 0 Å². The number of benzene rings is 2. The zero-order chi connectivity index (χ0) is 15.2. The van der Waals surface area contributed by atoms with Crippen LogP contribution in [-0.2, 0) is 13.1 Å². The van der Waals surface area contributed by atoms with Crippen LogP contribution in [0, 0.1) is 5.82 Å². The van der Waals surface area contributed by atoms with Crippen LogP contribution in [0.1, 0.15) is 16.7 Å². The Morgan fingerprint density at radius 1 is 1.24 bits per heavy atom. The molecule has 0 aliphatic rings. The summed E-state index contributed by atoms with van der Waals surface area (Å²) in [4.78, 5) is 0. The molecule has 4 N–H and O–H groups in total. The maximum atomic E-state index is 13.9. The summed E-state index contributed by atoms with van der Waals surface area (Å²) in [6.07, 6.45) is 0. The SMILES string of the molecule is NC(=NO)c1ccc(CNCc2cccc(Cl)c2)c(F)c1. The molecule has 0 saturated heterocycles. The van der Waals surface area contributed by atoms with E-state index in [9.17, 15) is 4.39 Å². The molecule has 2 aromatic carbocycles. The number of halogens is 2. The third-order valence-corrected chi connectivity index (χ3v) is 3.23. The lowest BCUT2D eigenvalue weighted by atomic mass is 10.1. The van der Waals surface area contributed by atoms with Gasteiger partial charge in [-0.15, -0.1) is 0 Å². The van der Waals surface area contributed by atoms with Gasteiger partial charge in [0.25, 0.3) is 0 Å². The van der Waals surface area contributed by atoms with Crippen molar-refractivity contribution in [1.29, 1.82) is 0 Å². The van der Waals surface area contributed by atoms with Crippen molar-refractivity contribution < 1.29 is 9.60 Å². The summed E-state index contributed by atoms with van der Waals surface area (Å²) in [7, 11) is 0. The fraction of sp³-hybridized carbons (Fsp3) is 0.133. The molecule has 2 aromatic rings. The van der Waals surface area contributed by atoms with Crippen molar-refractivity contribution in [1.82, 2.24) is 5.32 Å². The Bertz CT molecular complexity index is 661. The Kier molecular flexibility index (Phi) is 5.14. The van der Waals surface area contributed by atoms with E-state index in [1.165, 1.54) is 6.07 Å². The van der Waals surface area contributed by atoms with Crippen LogP contribution in [-0.4, -0.2) is 11.0 Å². The highest BCUT2D eigenvalue weighted by Crippen LogP contribution is 2.12. The first kappa shape index (κ1) is 15.3. The highest BCUT2D eigenvalue weighted by Gasteiger charge is 2.06. The summed E-state index contributed by atoms with van der Waals surface area (Å²) in [5.74, 6) is -0.523. The third kappa shape index (κ3) is 4.18. The van der Waals surface area contributed by atoms with E-state index in [1.54, 1.807) is 18.2 Å². The number of nitrogens with zero attached hydrogens (tertiary/aromatic N) is 1. The zero-order valence-electron chi connectivity index (χ0n) is 11.2. The predicted octanol–water partition coefficient (Wildman–Crippen LogP) is 2.86. The summed E-state index contributed by atoms with van der Waals surface area (Å²) >= 11 is 5.90. The molecule has 0 aliphatic carbocycles. The van der Waals surface area contributed by atoms with Crippen molar-refractivity contribution in [2.45, 2.75) is 13.1 Å². The summed E-state index contributed by atoms with van der Waals surface area (Å²) in [6.45, 7) is 0.955. The smallest absolute Gasteiger partial charge is 0.170 e. The average molecular weight is 308 g/mol. The molecule has 21 heavy (non-hydrogen) atoms. The number of oxime groups is 1. The minimum absolute atomic E-state index is 0.118. The first-order valence-electron chi connectivity index (χ1n) is 6.31. The van der Waals surface area contributed by atoms with Gasteiger partial charge in [-0.25, -0.2) is 4.39 Å². The number of rotatable bonds is 5. The van der Waals surface area contributed by atoms with E-state index < -0.39 is 5.82 Å². The van der Waals surface area contributed by atoms with Crippen LogP contribution in [0.15, 0.2) is 47.6 Å². The molecule has 0 amide bonds. The van der Waals surface area contributed by atoms with E-state index in [0.29, 0.717) is 29.2 Å². The molecular weight excluding hydrogens is 293 g/mol. The van der Waals surface area contributed by atoms with Crippen LogP contribution in [0.3, 0.4) is 0 Å². The largest absolute Gasteiger partial charge is 0.409 e.